The van der Waals surface area contributed by atoms with E-state index in [4.69, 9.17) is 10.5 Å². The molecule has 0 heterocycles. The highest BCUT2D eigenvalue weighted by Gasteiger charge is 2.26. The highest BCUT2D eigenvalue weighted by atomic mass is 16.5. The Morgan fingerprint density at radius 3 is 2.53 bits per heavy atom. The van der Waals surface area contributed by atoms with Crippen LogP contribution in [0.15, 0.2) is 18.2 Å². The van der Waals surface area contributed by atoms with Gasteiger partial charge >= 0.3 is 0 Å². The molecule has 4 atom stereocenters. The van der Waals surface area contributed by atoms with E-state index in [-0.39, 0.29) is 6.04 Å². The van der Waals surface area contributed by atoms with E-state index in [1.165, 1.54) is 30.4 Å². The maximum atomic E-state index is 6.20. The number of ether oxygens (including phenoxy) is 1. The first-order valence-corrected chi connectivity index (χ1v) is 7.50. The second-order valence-electron chi connectivity index (χ2n) is 6.32. The number of nitrogens with two attached hydrogens (primary N) is 1. The smallest absolute Gasteiger partial charge is 0.122 e. The lowest BCUT2D eigenvalue weighted by atomic mass is 9.80. The fourth-order valence-corrected chi connectivity index (χ4v) is 2.87. The number of rotatable bonds is 3. The Kier molecular flexibility index (Phi) is 4.51. The van der Waals surface area contributed by atoms with Crippen LogP contribution in [-0.2, 0) is 0 Å². The summed E-state index contributed by atoms with van der Waals surface area (Å²) in [6, 6.07) is 6.40. The van der Waals surface area contributed by atoms with E-state index < -0.39 is 0 Å². The molecule has 2 heteroatoms. The molecule has 2 rings (SSSR count). The molecule has 1 aliphatic carbocycles. The van der Waals surface area contributed by atoms with Gasteiger partial charge in [-0.25, -0.2) is 0 Å². The van der Waals surface area contributed by atoms with E-state index in [0.717, 1.165) is 17.6 Å². The first kappa shape index (κ1) is 14.4. The Morgan fingerprint density at radius 2 is 1.95 bits per heavy atom. The molecule has 0 radical (unpaired) electrons. The molecule has 0 spiro atoms. The van der Waals surface area contributed by atoms with Crippen LogP contribution >= 0.6 is 0 Å². The van der Waals surface area contributed by atoms with Crippen molar-refractivity contribution in [1.29, 1.82) is 0 Å². The van der Waals surface area contributed by atoms with E-state index in [1.807, 2.05) is 6.92 Å². The van der Waals surface area contributed by atoms with Gasteiger partial charge in [0.2, 0.25) is 0 Å². The third-order valence-corrected chi connectivity index (χ3v) is 4.57. The van der Waals surface area contributed by atoms with E-state index in [1.54, 1.807) is 0 Å². The van der Waals surface area contributed by atoms with Gasteiger partial charge in [0.15, 0.2) is 0 Å². The van der Waals surface area contributed by atoms with Crippen molar-refractivity contribution in [3.8, 4) is 5.75 Å². The van der Waals surface area contributed by atoms with E-state index in [2.05, 4.69) is 39.0 Å². The van der Waals surface area contributed by atoms with Crippen LogP contribution in [-0.4, -0.2) is 6.10 Å². The minimum absolute atomic E-state index is 0.0864. The largest absolute Gasteiger partial charge is 0.490 e. The van der Waals surface area contributed by atoms with Gasteiger partial charge in [-0.3, -0.25) is 0 Å². The molecule has 1 aromatic carbocycles. The van der Waals surface area contributed by atoms with Gasteiger partial charge in [-0.15, -0.1) is 0 Å². The van der Waals surface area contributed by atoms with Crippen LogP contribution in [0.4, 0.5) is 0 Å². The summed E-state index contributed by atoms with van der Waals surface area (Å²) in [6.07, 6.45) is 4.02. The third kappa shape index (κ3) is 3.50. The molecule has 2 N–H and O–H groups in total. The highest BCUT2D eigenvalue weighted by Crippen LogP contribution is 2.33. The minimum atomic E-state index is 0.0864. The van der Waals surface area contributed by atoms with Gasteiger partial charge in [-0.05, 0) is 62.1 Å². The van der Waals surface area contributed by atoms with Crippen molar-refractivity contribution in [2.45, 2.75) is 59.1 Å². The van der Waals surface area contributed by atoms with E-state index in [9.17, 15) is 0 Å². The molecule has 0 saturated heterocycles. The maximum Gasteiger partial charge on any atom is 0.122 e. The zero-order chi connectivity index (χ0) is 14.0. The molecule has 19 heavy (non-hydrogen) atoms. The normalized spacial score (nSPS) is 29.0. The van der Waals surface area contributed by atoms with Crippen molar-refractivity contribution in [1.82, 2.24) is 0 Å². The predicted molar refractivity (Wildman–Crippen MR) is 80.4 cm³/mol. The van der Waals surface area contributed by atoms with Crippen molar-refractivity contribution < 1.29 is 4.74 Å². The van der Waals surface area contributed by atoms with Crippen LogP contribution in [0.1, 0.15) is 57.2 Å². The summed E-state index contributed by atoms with van der Waals surface area (Å²) in [5.41, 5.74) is 8.28. The molecule has 0 bridgehead atoms. The van der Waals surface area contributed by atoms with Gasteiger partial charge in [-0.1, -0.05) is 26.0 Å². The molecule has 106 valence electrons. The standard InChI is InChI=1S/C17H27NO/c1-11-5-7-16(10-12(11)2)19-17-8-6-15(14(4)18)9-13(17)3/h6,8-9,11-12,14,16H,5,7,10,18H2,1-4H3/t11?,12?,14-,16?/m0/s1. The molecule has 1 fully saturated rings. The molecule has 2 nitrogen and oxygen atoms in total. The zero-order valence-electron chi connectivity index (χ0n) is 12.6. The van der Waals surface area contributed by atoms with Gasteiger partial charge in [0.25, 0.3) is 0 Å². The maximum absolute atomic E-state index is 6.20. The average molecular weight is 261 g/mol. The summed E-state index contributed by atoms with van der Waals surface area (Å²) in [6.45, 7) is 8.81. The second kappa shape index (κ2) is 5.96. The van der Waals surface area contributed by atoms with Gasteiger partial charge in [0.05, 0.1) is 6.10 Å². The van der Waals surface area contributed by atoms with Crippen LogP contribution in [0.5, 0.6) is 5.75 Å². The summed E-state index contributed by atoms with van der Waals surface area (Å²) in [7, 11) is 0. The molecule has 3 unspecified atom stereocenters. The monoisotopic (exact) mass is 261 g/mol. The number of hydrogen-bond acceptors (Lipinski definition) is 2. The lowest BCUT2D eigenvalue weighted by Gasteiger charge is -2.32. The van der Waals surface area contributed by atoms with Crippen molar-refractivity contribution in [2.75, 3.05) is 0 Å². The van der Waals surface area contributed by atoms with Crippen LogP contribution in [0.3, 0.4) is 0 Å². The molecule has 1 aliphatic rings. The average Bonchev–Trinajstić information content (AvgIpc) is 2.36. The minimum Gasteiger partial charge on any atom is -0.490 e. The Bertz CT molecular complexity index is 427. The van der Waals surface area contributed by atoms with Crippen molar-refractivity contribution in [2.24, 2.45) is 17.6 Å². The zero-order valence-corrected chi connectivity index (χ0v) is 12.6. The summed E-state index contributed by atoms with van der Waals surface area (Å²) in [4.78, 5) is 0. The fourth-order valence-electron chi connectivity index (χ4n) is 2.87. The Balaban J connectivity index is 2.03. The van der Waals surface area contributed by atoms with Gasteiger partial charge < -0.3 is 10.5 Å². The second-order valence-corrected chi connectivity index (χ2v) is 6.32. The van der Waals surface area contributed by atoms with Gasteiger partial charge in [0, 0.05) is 6.04 Å². The summed E-state index contributed by atoms with van der Waals surface area (Å²) in [5.74, 6) is 2.62. The number of hydrogen-bond donors (Lipinski definition) is 1. The molecular weight excluding hydrogens is 234 g/mol. The van der Waals surface area contributed by atoms with Gasteiger partial charge in [-0.2, -0.15) is 0 Å². The summed E-state index contributed by atoms with van der Waals surface area (Å²) in [5, 5.41) is 0. The SMILES string of the molecule is Cc1cc([C@H](C)N)ccc1OC1CCC(C)C(C)C1. The van der Waals surface area contributed by atoms with Crippen molar-refractivity contribution in [3.63, 3.8) is 0 Å². The molecule has 0 aliphatic heterocycles. The highest BCUT2D eigenvalue weighted by molar-refractivity contribution is 5.37. The van der Waals surface area contributed by atoms with Crippen LogP contribution in [0.25, 0.3) is 0 Å². The first-order chi connectivity index (χ1) is 8.97. The van der Waals surface area contributed by atoms with Crippen LogP contribution in [0.2, 0.25) is 0 Å². The quantitative estimate of drug-likeness (QED) is 0.884. The van der Waals surface area contributed by atoms with Crippen molar-refractivity contribution in [3.05, 3.63) is 29.3 Å². The number of aryl methyl sites for hydroxylation is 1. The Hall–Kier alpha value is -1.02. The van der Waals surface area contributed by atoms with E-state index in [0.29, 0.717) is 6.10 Å². The van der Waals surface area contributed by atoms with Crippen molar-refractivity contribution >= 4 is 0 Å². The Labute approximate surface area is 117 Å². The van der Waals surface area contributed by atoms with Crippen LogP contribution < -0.4 is 10.5 Å². The topological polar surface area (TPSA) is 35.2 Å². The molecule has 0 aromatic heterocycles. The summed E-state index contributed by atoms with van der Waals surface area (Å²) >= 11 is 0. The lowest BCUT2D eigenvalue weighted by Crippen LogP contribution is -2.29. The van der Waals surface area contributed by atoms with Gasteiger partial charge in [0.1, 0.15) is 5.75 Å². The first-order valence-electron chi connectivity index (χ1n) is 7.50. The summed E-state index contributed by atoms with van der Waals surface area (Å²) < 4.78 is 6.20. The molecule has 1 aromatic rings. The Morgan fingerprint density at radius 1 is 1.21 bits per heavy atom. The molecule has 0 amide bonds. The number of benzene rings is 1. The fraction of sp³-hybridized carbons (Fsp3) is 0.647. The predicted octanol–water partition coefficient (Wildman–Crippen LogP) is 4.22. The lowest BCUT2D eigenvalue weighted by molar-refractivity contribution is 0.0999. The van der Waals surface area contributed by atoms with E-state index >= 15 is 0 Å². The van der Waals surface area contributed by atoms with Crippen LogP contribution in [0, 0.1) is 18.8 Å². The third-order valence-electron chi connectivity index (χ3n) is 4.57. The molecule has 1 saturated carbocycles. The molecular formula is C17H27NO.